The van der Waals surface area contributed by atoms with Crippen LogP contribution in [0.1, 0.15) is 12.8 Å². The number of hydrogen-bond acceptors (Lipinski definition) is 8. The molecule has 0 atom stereocenters. The van der Waals surface area contributed by atoms with Crippen molar-refractivity contribution in [1.82, 2.24) is 9.97 Å². The number of aromatic nitrogens is 2. The van der Waals surface area contributed by atoms with Gasteiger partial charge in [-0.2, -0.15) is 0 Å². The molecule has 8 heteroatoms. The van der Waals surface area contributed by atoms with Crippen molar-refractivity contribution in [2.75, 3.05) is 0 Å². The summed E-state index contributed by atoms with van der Waals surface area (Å²) in [5.41, 5.74) is 2.66. The van der Waals surface area contributed by atoms with E-state index in [0.29, 0.717) is 22.2 Å². The van der Waals surface area contributed by atoms with Gasteiger partial charge in [-0.1, -0.05) is 24.3 Å². The van der Waals surface area contributed by atoms with E-state index < -0.39 is 0 Å². The fourth-order valence-corrected chi connectivity index (χ4v) is 3.64. The number of fused-ring (bicyclic) bond motifs is 2. The largest absolute Gasteiger partial charge is 0.431 e. The maximum Gasteiger partial charge on any atom is 0.264 e. The summed E-state index contributed by atoms with van der Waals surface area (Å²) in [4.78, 5) is 32.6. The predicted octanol–water partition coefficient (Wildman–Crippen LogP) is 4.69. The van der Waals surface area contributed by atoms with Gasteiger partial charge in [-0.25, -0.2) is 9.97 Å². The maximum absolute atomic E-state index is 12.0. The molecule has 0 amide bonds. The van der Waals surface area contributed by atoms with Crippen LogP contribution in [-0.4, -0.2) is 20.2 Å². The van der Waals surface area contributed by atoms with Gasteiger partial charge < -0.3 is 8.83 Å². The van der Waals surface area contributed by atoms with Crippen molar-refractivity contribution in [3.05, 3.63) is 48.5 Å². The molecule has 0 unspecified atom stereocenters. The second-order valence-electron chi connectivity index (χ2n) is 5.34. The number of thioether (sulfide) groups is 2. The minimum atomic E-state index is -0.178. The lowest BCUT2D eigenvalue weighted by atomic mass is 10.3. The lowest BCUT2D eigenvalue weighted by molar-refractivity contribution is -0.115. The van der Waals surface area contributed by atoms with Crippen LogP contribution in [0, 0.1) is 0 Å². The molecule has 26 heavy (non-hydrogen) atoms. The topological polar surface area (TPSA) is 86.2 Å². The first-order valence-electron chi connectivity index (χ1n) is 7.80. The quantitative estimate of drug-likeness (QED) is 0.458. The Bertz CT molecular complexity index is 949. The van der Waals surface area contributed by atoms with Crippen molar-refractivity contribution < 1.29 is 18.4 Å². The summed E-state index contributed by atoms with van der Waals surface area (Å²) in [6.07, 6.45) is 0.185. The molecule has 0 fully saturated rings. The molecule has 0 N–H and O–H groups in total. The molecular formula is C18H12N2O4S2. The SMILES string of the molecule is O=C(CCC(=O)Sc1nc2ccccc2o1)Sc1nc2ccccc2o1. The van der Waals surface area contributed by atoms with Crippen LogP contribution in [0.3, 0.4) is 0 Å². The lowest BCUT2D eigenvalue weighted by Gasteiger charge is -1.96. The Kier molecular flexibility index (Phi) is 4.77. The molecule has 0 aliphatic rings. The van der Waals surface area contributed by atoms with E-state index in [1.165, 1.54) is 0 Å². The number of carbonyl (C=O) groups excluding carboxylic acids is 2. The van der Waals surface area contributed by atoms with Crippen molar-refractivity contribution in [3.8, 4) is 0 Å². The summed E-state index contributed by atoms with van der Waals surface area (Å²) in [7, 11) is 0. The van der Waals surface area contributed by atoms with Crippen molar-refractivity contribution in [1.29, 1.82) is 0 Å². The van der Waals surface area contributed by atoms with Gasteiger partial charge in [0.1, 0.15) is 11.0 Å². The van der Waals surface area contributed by atoms with Gasteiger partial charge >= 0.3 is 0 Å². The Morgan fingerprint density at radius 2 is 1.15 bits per heavy atom. The van der Waals surface area contributed by atoms with Gasteiger partial charge in [0.15, 0.2) is 21.4 Å². The number of rotatable bonds is 5. The smallest absolute Gasteiger partial charge is 0.264 e. The first-order valence-corrected chi connectivity index (χ1v) is 9.43. The first-order chi connectivity index (χ1) is 12.7. The normalized spacial score (nSPS) is 11.2. The van der Waals surface area contributed by atoms with Crippen LogP contribution in [0.15, 0.2) is 67.8 Å². The van der Waals surface area contributed by atoms with Gasteiger partial charge in [0.05, 0.1) is 0 Å². The number of para-hydroxylation sites is 4. The monoisotopic (exact) mass is 384 g/mol. The number of nitrogens with zero attached hydrogens (tertiary/aromatic N) is 2. The van der Waals surface area contributed by atoms with E-state index in [2.05, 4.69) is 9.97 Å². The molecule has 4 aromatic rings. The van der Waals surface area contributed by atoms with E-state index >= 15 is 0 Å². The molecule has 130 valence electrons. The zero-order chi connectivity index (χ0) is 17.9. The molecular weight excluding hydrogens is 372 g/mol. The fraction of sp³-hybridized carbons (Fsp3) is 0.111. The molecule has 2 aromatic heterocycles. The highest BCUT2D eigenvalue weighted by atomic mass is 32.2. The number of benzene rings is 2. The number of oxazole rings is 2. The molecule has 6 nitrogen and oxygen atoms in total. The average molecular weight is 384 g/mol. The summed E-state index contributed by atoms with van der Waals surface area (Å²) >= 11 is 1.81. The lowest BCUT2D eigenvalue weighted by Crippen LogP contribution is -1.98. The third kappa shape index (κ3) is 3.81. The Hall–Kier alpha value is -2.58. The van der Waals surface area contributed by atoms with Crippen LogP contribution in [0.25, 0.3) is 22.2 Å². The third-order valence-electron chi connectivity index (χ3n) is 3.48. The molecule has 0 spiro atoms. The van der Waals surface area contributed by atoms with Gasteiger partial charge in [0.25, 0.3) is 10.4 Å². The maximum atomic E-state index is 12.0. The molecule has 0 bridgehead atoms. The molecule has 2 heterocycles. The Morgan fingerprint density at radius 1 is 0.731 bits per heavy atom. The summed E-state index contributed by atoms with van der Waals surface area (Å²) in [5.74, 6) is 0. The predicted molar refractivity (Wildman–Crippen MR) is 99.0 cm³/mol. The average Bonchev–Trinajstić information content (AvgIpc) is 3.22. The van der Waals surface area contributed by atoms with E-state index in [9.17, 15) is 9.59 Å². The first kappa shape index (κ1) is 16.9. The van der Waals surface area contributed by atoms with Gasteiger partial charge in [-0.15, -0.1) is 0 Å². The van der Waals surface area contributed by atoms with Crippen molar-refractivity contribution in [2.45, 2.75) is 23.3 Å². The van der Waals surface area contributed by atoms with Crippen LogP contribution < -0.4 is 0 Å². The summed E-state index contributed by atoms with van der Waals surface area (Å²) in [6, 6.07) is 14.6. The highest BCUT2D eigenvalue weighted by Crippen LogP contribution is 2.27. The van der Waals surface area contributed by atoms with E-state index in [-0.39, 0.29) is 33.5 Å². The zero-order valence-corrected chi connectivity index (χ0v) is 15.0. The Balaban J connectivity index is 1.31. The molecule has 0 radical (unpaired) electrons. The van der Waals surface area contributed by atoms with E-state index in [0.717, 1.165) is 23.5 Å². The van der Waals surface area contributed by atoms with Crippen LogP contribution in [0.4, 0.5) is 0 Å². The summed E-state index contributed by atoms with van der Waals surface area (Å²) in [5, 5.41) is 0.219. The van der Waals surface area contributed by atoms with Crippen LogP contribution in [0.2, 0.25) is 0 Å². The van der Waals surface area contributed by atoms with Gasteiger partial charge in [0.2, 0.25) is 0 Å². The molecule has 0 aliphatic carbocycles. The standard InChI is InChI=1S/C18H12N2O4S2/c21-15(25-17-19-11-5-1-3-7-13(11)23-17)9-10-16(22)26-18-20-12-6-2-4-8-14(12)24-18/h1-8H,9-10H2. The van der Waals surface area contributed by atoms with Gasteiger partial charge in [-0.05, 0) is 24.3 Å². The van der Waals surface area contributed by atoms with E-state index in [1.54, 1.807) is 12.1 Å². The number of carbonyl (C=O) groups is 2. The number of hydrogen-bond donors (Lipinski definition) is 0. The van der Waals surface area contributed by atoms with Gasteiger partial charge in [0, 0.05) is 36.4 Å². The molecule has 0 aliphatic heterocycles. The van der Waals surface area contributed by atoms with Crippen LogP contribution in [-0.2, 0) is 9.59 Å². The summed E-state index contributed by atoms with van der Waals surface area (Å²) in [6.45, 7) is 0. The highest BCUT2D eigenvalue weighted by Gasteiger charge is 2.16. The second-order valence-corrected chi connectivity index (χ2v) is 7.36. The molecule has 0 saturated carbocycles. The summed E-state index contributed by atoms with van der Waals surface area (Å²) < 4.78 is 11.0. The highest BCUT2D eigenvalue weighted by molar-refractivity contribution is 8.14. The molecule has 2 aromatic carbocycles. The van der Waals surface area contributed by atoms with E-state index in [1.807, 2.05) is 36.4 Å². The van der Waals surface area contributed by atoms with E-state index in [4.69, 9.17) is 8.83 Å². The fourth-order valence-electron chi connectivity index (χ4n) is 2.29. The minimum absolute atomic E-state index is 0.0927. The van der Waals surface area contributed by atoms with Crippen molar-refractivity contribution in [2.24, 2.45) is 0 Å². The third-order valence-corrected chi connectivity index (χ3v) is 5.05. The molecule has 4 rings (SSSR count). The van der Waals surface area contributed by atoms with Crippen LogP contribution >= 0.6 is 23.5 Å². The van der Waals surface area contributed by atoms with Gasteiger partial charge in [-0.3, -0.25) is 9.59 Å². The Morgan fingerprint density at radius 3 is 1.58 bits per heavy atom. The van der Waals surface area contributed by atoms with Crippen molar-refractivity contribution >= 4 is 56.0 Å². The zero-order valence-electron chi connectivity index (χ0n) is 13.4. The minimum Gasteiger partial charge on any atom is -0.431 e. The molecule has 0 saturated heterocycles. The van der Waals surface area contributed by atoms with Crippen molar-refractivity contribution in [3.63, 3.8) is 0 Å². The second kappa shape index (κ2) is 7.35. The van der Waals surface area contributed by atoms with Crippen LogP contribution in [0.5, 0.6) is 0 Å². The Labute approximate surface area is 156 Å².